The second-order valence-electron chi connectivity index (χ2n) is 8.33. The normalized spacial score (nSPS) is 23.2. The third kappa shape index (κ3) is 4.61. The fraction of sp³-hybridized carbons (Fsp3) is 0.391. The lowest BCUT2D eigenvalue weighted by molar-refractivity contribution is -0.141. The molecule has 0 aliphatic heterocycles. The molecule has 3 aliphatic rings. The molecule has 0 aromatic heterocycles. The first kappa shape index (κ1) is 21.4. The number of rotatable bonds is 9. The first-order valence-electron chi connectivity index (χ1n) is 10.3. The monoisotopic (exact) mass is 446 g/mol. The standard InChI is InChI=1S/C23H24ClFN2O4/c1-2-9-30-16-5-3-15(4-6-16)21(29)27-23-12-22(13-23,14-23)26-20(28)11-31-17-7-8-18(24)19(25)10-17/h3-8,10H,2,9,11-14H2,1H3,(H,26,28)(H,27,29). The van der Waals surface area contributed by atoms with Gasteiger partial charge in [-0.3, -0.25) is 9.59 Å². The molecule has 2 N–H and O–H groups in total. The Bertz CT molecular complexity index is 976. The van der Waals surface area contributed by atoms with E-state index < -0.39 is 5.82 Å². The van der Waals surface area contributed by atoms with Crippen LogP contribution in [0.2, 0.25) is 5.02 Å². The zero-order chi connectivity index (χ0) is 22.1. The van der Waals surface area contributed by atoms with Gasteiger partial charge in [0.25, 0.3) is 11.8 Å². The average molecular weight is 447 g/mol. The largest absolute Gasteiger partial charge is 0.494 e. The molecule has 0 spiro atoms. The van der Waals surface area contributed by atoms with Gasteiger partial charge in [-0.05, 0) is 62.1 Å². The van der Waals surface area contributed by atoms with Crippen LogP contribution in [0.5, 0.6) is 11.5 Å². The maximum atomic E-state index is 13.4. The molecule has 6 nitrogen and oxygen atoms in total. The van der Waals surface area contributed by atoms with Crippen LogP contribution in [0.15, 0.2) is 42.5 Å². The van der Waals surface area contributed by atoms with E-state index in [1.807, 2.05) is 6.92 Å². The summed E-state index contributed by atoms with van der Waals surface area (Å²) >= 11 is 5.63. The van der Waals surface area contributed by atoms with Gasteiger partial charge in [0.05, 0.1) is 11.6 Å². The van der Waals surface area contributed by atoms with E-state index in [0.717, 1.165) is 18.2 Å². The van der Waals surface area contributed by atoms with E-state index in [1.54, 1.807) is 24.3 Å². The first-order valence-corrected chi connectivity index (χ1v) is 10.6. The van der Waals surface area contributed by atoms with E-state index in [4.69, 9.17) is 21.1 Å². The highest BCUT2D eigenvalue weighted by Gasteiger charge is 2.69. The van der Waals surface area contributed by atoms with Crippen LogP contribution >= 0.6 is 11.6 Å². The molecule has 0 heterocycles. The predicted molar refractivity (Wildman–Crippen MR) is 114 cm³/mol. The van der Waals surface area contributed by atoms with Crippen molar-refractivity contribution < 1.29 is 23.5 Å². The number of amides is 2. The van der Waals surface area contributed by atoms with E-state index in [0.29, 0.717) is 31.4 Å². The number of benzene rings is 2. The number of nitrogens with one attached hydrogen (secondary N) is 2. The van der Waals surface area contributed by atoms with Crippen molar-refractivity contribution in [1.29, 1.82) is 0 Å². The number of halogens is 2. The summed E-state index contributed by atoms with van der Waals surface area (Å²) in [6.45, 7) is 2.47. The smallest absolute Gasteiger partial charge is 0.258 e. The highest BCUT2D eigenvalue weighted by molar-refractivity contribution is 6.30. The van der Waals surface area contributed by atoms with Crippen molar-refractivity contribution in [2.45, 2.75) is 43.7 Å². The van der Waals surface area contributed by atoms with Crippen LogP contribution in [-0.2, 0) is 4.79 Å². The number of hydrogen-bond donors (Lipinski definition) is 2. The second kappa shape index (κ2) is 8.38. The fourth-order valence-corrected chi connectivity index (χ4v) is 4.45. The topological polar surface area (TPSA) is 76.7 Å². The van der Waals surface area contributed by atoms with Gasteiger partial charge in [0, 0.05) is 22.7 Å². The quantitative estimate of drug-likeness (QED) is 0.613. The average Bonchev–Trinajstić information content (AvgIpc) is 2.71. The number of hydrogen-bond acceptors (Lipinski definition) is 4. The van der Waals surface area contributed by atoms with Crippen molar-refractivity contribution in [3.05, 3.63) is 58.9 Å². The third-order valence-electron chi connectivity index (χ3n) is 5.66. The number of carbonyl (C=O) groups excluding carboxylic acids is 2. The van der Waals surface area contributed by atoms with E-state index in [9.17, 15) is 14.0 Å². The van der Waals surface area contributed by atoms with Crippen LogP contribution in [-0.4, -0.2) is 36.1 Å². The highest BCUT2D eigenvalue weighted by atomic mass is 35.5. The number of ether oxygens (including phenoxy) is 2. The highest BCUT2D eigenvalue weighted by Crippen LogP contribution is 2.60. The van der Waals surface area contributed by atoms with Crippen molar-refractivity contribution >= 4 is 23.4 Å². The predicted octanol–water partition coefficient (Wildman–Crippen LogP) is 3.87. The Morgan fingerprint density at radius 1 is 1.00 bits per heavy atom. The molecule has 2 aromatic carbocycles. The van der Waals surface area contributed by atoms with Gasteiger partial charge in [0.1, 0.15) is 17.3 Å². The Labute approximate surface area is 185 Å². The van der Waals surface area contributed by atoms with Crippen molar-refractivity contribution in [1.82, 2.24) is 10.6 Å². The van der Waals surface area contributed by atoms with Gasteiger partial charge < -0.3 is 20.1 Å². The molecule has 3 saturated carbocycles. The van der Waals surface area contributed by atoms with Gasteiger partial charge in [0.15, 0.2) is 6.61 Å². The molecule has 2 bridgehead atoms. The summed E-state index contributed by atoms with van der Waals surface area (Å²) in [4.78, 5) is 24.7. The number of carbonyl (C=O) groups is 2. The maximum Gasteiger partial charge on any atom is 0.258 e. The summed E-state index contributed by atoms with van der Waals surface area (Å²) in [5.74, 6) is -0.0224. The Morgan fingerprint density at radius 3 is 2.29 bits per heavy atom. The van der Waals surface area contributed by atoms with Crippen LogP contribution in [0, 0.1) is 5.82 Å². The van der Waals surface area contributed by atoms with E-state index >= 15 is 0 Å². The van der Waals surface area contributed by atoms with E-state index in [1.165, 1.54) is 12.1 Å². The summed E-state index contributed by atoms with van der Waals surface area (Å²) in [6.07, 6.45) is 2.98. The Morgan fingerprint density at radius 2 is 1.65 bits per heavy atom. The Balaban J connectivity index is 1.21. The summed E-state index contributed by atoms with van der Waals surface area (Å²) < 4.78 is 24.3. The third-order valence-corrected chi connectivity index (χ3v) is 5.97. The molecule has 0 saturated heterocycles. The van der Waals surface area contributed by atoms with Crippen LogP contribution in [0.1, 0.15) is 43.0 Å². The van der Waals surface area contributed by atoms with Gasteiger partial charge in [-0.1, -0.05) is 18.5 Å². The van der Waals surface area contributed by atoms with Crippen LogP contribution in [0.4, 0.5) is 4.39 Å². The van der Waals surface area contributed by atoms with Crippen LogP contribution < -0.4 is 20.1 Å². The molecular formula is C23H24ClFN2O4. The minimum absolute atomic E-state index is 0.00113. The molecular weight excluding hydrogens is 423 g/mol. The summed E-state index contributed by atoms with van der Waals surface area (Å²) in [5.41, 5.74) is 0.0221. The lowest BCUT2D eigenvalue weighted by Gasteiger charge is -2.70. The molecule has 0 radical (unpaired) electrons. The van der Waals surface area contributed by atoms with Crippen molar-refractivity contribution in [3.63, 3.8) is 0 Å². The van der Waals surface area contributed by atoms with Gasteiger partial charge in [-0.2, -0.15) is 0 Å². The van der Waals surface area contributed by atoms with Crippen LogP contribution in [0.3, 0.4) is 0 Å². The SMILES string of the molecule is CCCOc1ccc(C(=O)NC23CC(NC(=O)COc4ccc(Cl)c(F)c4)(C2)C3)cc1. The maximum absolute atomic E-state index is 13.4. The van der Waals surface area contributed by atoms with E-state index in [2.05, 4.69) is 10.6 Å². The molecule has 0 unspecified atom stereocenters. The Kier molecular flexibility index (Phi) is 5.79. The molecule has 0 atom stereocenters. The molecule has 2 aromatic rings. The molecule has 8 heteroatoms. The van der Waals surface area contributed by atoms with Gasteiger partial charge in [-0.25, -0.2) is 4.39 Å². The zero-order valence-corrected chi connectivity index (χ0v) is 17.9. The summed E-state index contributed by atoms with van der Waals surface area (Å²) in [6, 6.07) is 11.1. The van der Waals surface area contributed by atoms with Gasteiger partial charge >= 0.3 is 0 Å². The molecule has 164 valence electrons. The summed E-state index contributed by atoms with van der Waals surface area (Å²) in [7, 11) is 0. The van der Waals surface area contributed by atoms with Crippen LogP contribution in [0.25, 0.3) is 0 Å². The second-order valence-corrected chi connectivity index (χ2v) is 8.74. The first-order chi connectivity index (χ1) is 14.8. The molecule has 3 fully saturated rings. The zero-order valence-electron chi connectivity index (χ0n) is 17.2. The fourth-order valence-electron chi connectivity index (χ4n) is 4.34. The van der Waals surface area contributed by atoms with E-state index in [-0.39, 0.29) is 40.3 Å². The molecule has 31 heavy (non-hydrogen) atoms. The lowest BCUT2D eigenvalue weighted by atomic mass is 9.44. The lowest BCUT2D eigenvalue weighted by Crippen LogP contribution is -2.84. The van der Waals surface area contributed by atoms with Crippen molar-refractivity contribution in [2.24, 2.45) is 0 Å². The Hall–Kier alpha value is -2.80. The minimum Gasteiger partial charge on any atom is -0.494 e. The minimum atomic E-state index is -0.597. The molecule has 5 rings (SSSR count). The van der Waals surface area contributed by atoms with Gasteiger partial charge in [0.2, 0.25) is 0 Å². The van der Waals surface area contributed by atoms with Gasteiger partial charge in [-0.15, -0.1) is 0 Å². The summed E-state index contributed by atoms with van der Waals surface area (Å²) in [5, 5.41) is 6.06. The molecule has 3 aliphatic carbocycles. The molecule has 2 amide bonds. The van der Waals surface area contributed by atoms with Crippen molar-refractivity contribution in [2.75, 3.05) is 13.2 Å². The van der Waals surface area contributed by atoms with Crippen molar-refractivity contribution in [3.8, 4) is 11.5 Å².